The van der Waals surface area contributed by atoms with Gasteiger partial charge in [-0.3, -0.25) is 0 Å². The Hall–Kier alpha value is -1.35. The van der Waals surface area contributed by atoms with E-state index in [1.807, 2.05) is 0 Å². The Kier molecular flexibility index (Phi) is 4.96. The quantitative estimate of drug-likeness (QED) is 0.615. The number of thioether (sulfide) groups is 1. The minimum absolute atomic E-state index is 0.00882. The summed E-state index contributed by atoms with van der Waals surface area (Å²) in [5.41, 5.74) is 0.463. The first-order valence-electron chi connectivity index (χ1n) is 6.21. The van der Waals surface area contributed by atoms with Crippen molar-refractivity contribution < 1.29 is 17.6 Å². The molecule has 0 radical (unpaired) electrons. The van der Waals surface area contributed by atoms with Crippen molar-refractivity contribution in [2.45, 2.75) is 24.9 Å². The first kappa shape index (κ1) is 17.0. The van der Waals surface area contributed by atoms with E-state index in [-0.39, 0.29) is 5.69 Å². The van der Waals surface area contributed by atoms with Crippen molar-refractivity contribution in [3.63, 3.8) is 0 Å². The van der Waals surface area contributed by atoms with Crippen LogP contribution in [0.1, 0.15) is 11.4 Å². The fraction of sp³-hybridized carbons (Fsp3) is 0.385. The van der Waals surface area contributed by atoms with Crippen LogP contribution in [0.3, 0.4) is 0 Å². The topological polar surface area (TPSA) is 30.2 Å². The van der Waals surface area contributed by atoms with E-state index >= 15 is 0 Å². The predicted octanol–water partition coefficient (Wildman–Crippen LogP) is 4.12. The SMILES string of the molecule is Cc1cc(F)c(N=c2snc(C)n2C)cc1SCC(F)(F)F. The molecule has 0 aliphatic heterocycles. The maximum atomic E-state index is 14.0. The maximum Gasteiger partial charge on any atom is 0.398 e. The second kappa shape index (κ2) is 6.41. The van der Waals surface area contributed by atoms with Gasteiger partial charge in [-0.15, -0.1) is 11.8 Å². The molecule has 0 bridgehead atoms. The van der Waals surface area contributed by atoms with Gasteiger partial charge in [-0.25, -0.2) is 9.38 Å². The van der Waals surface area contributed by atoms with Crippen molar-refractivity contribution in [3.05, 3.63) is 34.1 Å². The Morgan fingerprint density at radius 1 is 1.32 bits per heavy atom. The third kappa shape index (κ3) is 4.10. The van der Waals surface area contributed by atoms with E-state index in [4.69, 9.17) is 0 Å². The molecule has 1 aromatic heterocycles. The van der Waals surface area contributed by atoms with E-state index in [2.05, 4.69) is 9.37 Å². The zero-order valence-electron chi connectivity index (χ0n) is 12.0. The van der Waals surface area contributed by atoms with Crippen molar-refractivity contribution in [1.29, 1.82) is 0 Å². The lowest BCUT2D eigenvalue weighted by molar-refractivity contribution is -0.105. The molecule has 0 atom stereocenters. The summed E-state index contributed by atoms with van der Waals surface area (Å²) < 4.78 is 56.7. The maximum absolute atomic E-state index is 14.0. The summed E-state index contributed by atoms with van der Waals surface area (Å²) in [5.74, 6) is -0.866. The van der Waals surface area contributed by atoms with E-state index in [9.17, 15) is 17.6 Å². The number of halogens is 4. The van der Waals surface area contributed by atoms with Crippen LogP contribution in [-0.2, 0) is 7.05 Å². The molecule has 0 spiro atoms. The fourth-order valence-electron chi connectivity index (χ4n) is 1.61. The molecule has 1 aromatic carbocycles. The van der Waals surface area contributed by atoms with Gasteiger partial charge in [-0.1, -0.05) is 0 Å². The van der Waals surface area contributed by atoms with E-state index in [1.54, 1.807) is 25.5 Å². The van der Waals surface area contributed by atoms with Crippen LogP contribution in [0, 0.1) is 19.7 Å². The zero-order valence-corrected chi connectivity index (χ0v) is 13.7. The molecule has 2 aromatic rings. The molecule has 0 saturated carbocycles. The Morgan fingerprint density at radius 3 is 2.55 bits per heavy atom. The van der Waals surface area contributed by atoms with Crippen LogP contribution in [0.5, 0.6) is 0 Å². The molecule has 0 aliphatic rings. The van der Waals surface area contributed by atoms with Gasteiger partial charge in [0.05, 0.1) is 5.75 Å². The summed E-state index contributed by atoms with van der Waals surface area (Å²) in [4.78, 5) is 5.00. The van der Waals surface area contributed by atoms with E-state index in [0.29, 0.717) is 27.0 Å². The van der Waals surface area contributed by atoms with E-state index in [1.165, 1.54) is 12.1 Å². The number of rotatable bonds is 3. The Bertz CT molecular complexity index is 747. The van der Waals surface area contributed by atoms with Gasteiger partial charge >= 0.3 is 6.18 Å². The number of aryl methyl sites for hydroxylation is 2. The van der Waals surface area contributed by atoms with Gasteiger partial charge in [0.2, 0.25) is 4.80 Å². The molecule has 0 unspecified atom stereocenters. The minimum atomic E-state index is -4.27. The number of hydrogen-bond donors (Lipinski definition) is 0. The Labute approximate surface area is 132 Å². The molecule has 1 heterocycles. The third-order valence-electron chi connectivity index (χ3n) is 2.88. The van der Waals surface area contributed by atoms with Crippen molar-refractivity contribution >= 4 is 29.0 Å². The molecule has 0 amide bonds. The number of hydrogen-bond acceptors (Lipinski definition) is 4. The van der Waals surface area contributed by atoms with Crippen LogP contribution in [0.25, 0.3) is 0 Å². The molecule has 3 nitrogen and oxygen atoms in total. The second-order valence-electron chi connectivity index (χ2n) is 4.66. The molecule has 2 rings (SSSR count). The molecular weight excluding hydrogens is 338 g/mol. The summed E-state index contributed by atoms with van der Waals surface area (Å²) in [5, 5.41) is 0. The predicted molar refractivity (Wildman–Crippen MR) is 79.0 cm³/mol. The lowest BCUT2D eigenvalue weighted by Crippen LogP contribution is -2.11. The highest BCUT2D eigenvalue weighted by molar-refractivity contribution is 7.99. The highest BCUT2D eigenvalue weighted by Crippen LogP contribution is 2.33. The normalized spacial score (nSPS) is 13.0. The summed E-state index contributed by atoms with van der Waals surface area (Å²) in [7, 11) is 1.74. The van der Waals surface area contributed by atoms with Crippen LogP contribution in [0.4, 0.5) is 23.2 Å². The average Bonchev–Trinajstić information content (AvgIpc) is 2.71. The van der Waals surface area contributed by atoms with Gasteiger partial charge in [-0.05, 0) is 31.5 Å². The zero-order chi connectivity index (χ0) is 16.5. The molecule has 120 valence electrons. The van der Waals surface area contributed by atoms with Crippen molar-refractivity contribution in [1.82, 2.24) is 8.94 Å². The van der Waals surface area contributed by atoms with Gasteiger partial charge in [-0.2, -0.15) is 17.5 Å². The van der Waals surface area contributed by atoms with Crippen molar-refractivity contribution in [2.24, 2.45) is 12.0 Å². The van der Waals surface area contributed by atoms with Crippen molar-refractivity contribution in [3.8, 4) is 0 Å². The molecule has 0 aliphatic carbocycles. The first-order chi connectivity index (χ1) is 10.2. The Balaban J connectivity index is 2.41. The van der Waals surface area contributed by atoms with Gasteiger partial charge in [0.15, 0.2) is 0 Å². The minimum Gasteiger partial charge on any atom is -0.307 e. The molecule has 0 saturated heterocycles. The summed E-state index contributed by atoms with van der Waals surface area (Å²) >= 11 is 1.73. The van der Waals surface area contributed by atoms with Crippen molar-refractivity contribution in [2.75, 3.05) is 5.75 Å². The monoisotopic (exact) mass is 351 g/mol. The number of nitrogens with zero attached hydrogens (tertiary/aromatic N) is 3. The molecule has 22 heavy (non-hydrogen) atoms. The smallest absolute Gasteiger partial charge is 0.307 e. The number of benzene rings is 1. The van der Waals surface area contributed by atoms with Crippen LogP contribution in [-0.4, -0.2) is 20.9 Å². The summed E-state index contributed by atoms with van der Waals surface area (Å²) in [6, 6.07) is 2.54. The lowest BCUT2D eigenvalue weighted by atomic mass is 10.2. The summed E-state index contributed by atoms with van der Waals surface area (Å²) in [6.07, 6.45) is -4.27. The first-order valence-corrected chi connectivity index (χ1v) is 7.97. The van der Waals surface area contributed by atoms with Gasteiger partial charge in [0.1, 0.15) is 17.3 Å². The summed E-state index contributed by atoms with van der Waals surface area (Å²) in [6.45, 7) is 3.36. The highest BCUT2D eigenvalue weighted by Gasteiger charge is 2.27. The Morgan fingerprint density at radius 2 is 2.00 bits per heavy atom. The molecular formula is C13H13F4N3S2. The standard InChI is InChI=1S/C13H13F4N3S2/c1-7-4-9(14)10(5-11(7)21-6-13(15,16)17)18-12-20(3)8(2)19-22-12/h4-5H,6H2,1-3H3. The molecule has 0 N–H and O–H groups in total. The van der Waals surface area contributed by atoms with Crippen LogP contribution >= 0.6 is 23.3 Å². The lowest BCUT2D eigenvalue weighted by Gasteiger charge is -2.09. The van der Waals surface area contributed by atoms with Crippen LogP contribution in [0.15, 0.2) is 22.0 Å². The van der Waals surface area contributed by atoms with Gasteiger partial charge < -0.3 is 4.57 Å². The van der Waals surface area contributed by atoms with Gasteiger partial charge in [0.25, 0.3) is 0 Å². The fourth-order valence-corrected chi connectivity index (χ4v) is 3.14. The van der Waals surface area contributed by atoms with Crippen LogP contribution in [0.2, 0.25) is 0 Å². The third-order valence-corrected chi connectivity index (χ3v) is 4.99. The van der Waals surface area contributed by atoms with E-state index < -0.39 is 17.7 Å². The van der Waals surface area contributed by atoms with E-state index in [0.717, 1.165) is 17.4 Å². The highest BCUT2D eigenvalue weighted by atomic mass is 32.2. The second-order valence-corrected chi connectivity index (χ2v) is 6.40. The molecule has 0 fully saturated rings. The molecule has 9 heteroatoms. The van der Waals surface area contributed by atoms with Crippen LogP contribution < -0.4 is 4.80 Å². The number of aromatic nitrogens is 2. The van der Waals surface area contributed by atoms with Gasteiger partial charge in [0, 0.05) is 23.5 Å². The number of alkyl halides is 3. The largest absolute Gasteiger partial charge is 0.398 e. The average molecular weight is 351 g/mol.